The molecule has 8 nitrogen and oxygen atoms in total. The Morgan fingerprint density at radius 1 is 0.971 bits per heavy atom. The zero-order chi connectivity index (χ0) is 23.6. The van der Waals surface area contributed by atoms with Gasteiger partial charge in [0, 0.05) is 31.0 Å². The molecular formula is C26H33N5O3. The summed E-state index contributed by atoms with van der Waals surface area (Å²) >= 11 is 0. The van der Waals surface area contributed by atoms with Crippen LogP contribution in [0.4, 0.5) is 17.5 Å². The maximum absolute atomic E-state index is 6.04. The molecule has 2 N–H and O–H groups in total. The minimum Gasteiger partial charge on any atom is -0.497 e. The number of benzene rings is 2. The average Bonchev–Trinajstić information content (AvgIpc) is 3.40. The van der Waals surface area contributed by atoms with E-state index in [4.69, 9.17) is 14.2 Å². The van der Waals surface area contributed by atoms with Gasteiger partial charge in [0.2, 0.25) is 5.95 Å². The largest absolute Gasteiger partial charge is 0.497 e. The normalized spacial score (nSPS) is 13.5. The van der Waals surface area contributed by atoms with Gasteiger partial charge in [-0.1, -0.05) is 12.1 Å². The van der Waals surface area contributed by atoms with Crippen LogP contribution in [0.1, 0.15) is 24.8 Å². The van der Waals surface area contributed by atoms with Crippen molar-refractivity contribution in [2.45, 2.75) is 25.8 Å². The Hall–Kier alpha value is -3.52. The first-order valence-corrected chi connectivity index (χ1v) is 11.7. The van der Waals surface area contributed by atoms with E-state index in [1.54, 1.807) is 20.4 Å². The molecule has 1 fully saturated rings. The molecular weight excluding hydrogens is 430 g/mol. The van der Waals surface area contributed by atoms with Gasteiger partial charge in [-0.3, -0.25) is 0 Å². The third kappa shape index (κ3) is 6.74. The highest BCUT2D eigenvalue weighted by Crippen LogP contribution is 2.31. The van der Waals surface area contributed by atoms with Crippen LogP contribution < -0.4 is 24.8 Å². The lowest BCUT2D eigenvalue weighted by Crippen LogP contribution is -2.21. The number of nitrogens with one attached hydrogen (secondary N) is 2. The molecule has 34 heavy (non-hydrogen) atoms. The van der Waals surface area contributed by atoms with E-state index in [9.17, 15) is 0 Å². The number of methoxy groups -OCH3 is 2. The molecule has 4 rings (SSSR count). The first-order valence-electron chi connectivity index (χ1n) is 11.7. The second-order valence-electron chi connectivity index (χ2n) is 8.21. The van der Waals surface area contributed by atoms with Crippen molar-refractivity contribution in [1.29, 1.82) is 0 Å². The molecule has 3 aromatic rings. The number of likely N-dealkylation sites (tertiary alicyclic amines) is 1. The standard InChI is InChI=1S/C26H33N5O3/c1-32-22-8-5-7-20(17-22)19-28-25-11-12-27-26(30-25)29-21-9-10-23(33-2)24(18-21)34-16-6-15-31-13-3-4-14-31/h5,7-12,17-18H,3-4,6,13-16,19H2,1-2H3,(H2,27,28,29,30). The molecule has 0 atom stereocenters. The predicted molar refractivity (Wildman–Crippen MR) is 134 cm³/mol. The second-order valence-corrected chi connectivity index (χ2v) is 8.21. The van der Waals surface area contributed by atoms with E-state index in [0.29, 0.717) is 30.6 Å². The van der Waals surface area contributed by atoms with E-state index in [1.807, 2.05) is 48.5 Å². The highest BCUT2D eigenvalue weighted by atomic mass is 16.5. The van der Waals surface area contributed by atoms with E-state index in [0.717, 1.165) is 35.8 Å². The summed E-state index contributed by atoms with van der Waals surface area (Å²) in [5, 5.41) is 6.59. The van der Waals surface area contributed by atoms with Crippen LogP contribution in [-0.4, -0.2) is 55.3 Å². The van der Waals surface area contributed by atoms with Crippen molar-refractivity contribution in [3.63, 3.8) is 0 Å². The highest BCUT2D eigenvalue weighted by Gasteiger charge is 2.12. The van der Waals surface area contributed by atoms with Gasteiger partial charge in [-0.15, -0.1) is 0 Å². The quantitative estimate of drug-likeness (QED) is 0.374. The molecule has 1 aliphatic heterocycles. The summed E-state index contributed by atoms with van der Waals surface area (Å²) in [6.45, 7) is 4.76. The van der Waals surface area contributed by atoms with Crippen LogP contribution in [0, 0.1) is 0 Å². The summed E-state index contributed by atoms with van der Waals surface area (Å²) in [6.07, 6.45) is 5.33. The fourth-order valence-electron chi connectivity index (χ4n) is 3.97. The maximum Gasteiger partial charge on any atom is 0.229 e. The number of rotatable bonds is 12. The summed E-state index contributed by atoms with van der Waals surface area (Å²) in [5.74, 6) is 3.48. The smallest absolute Gasteiger partial charge is 0.229 e. The van der Waals surface area contributed by atoms with Crippen molar-refractivity contribution >= 4 is 17.5 Å². The van der Waals surface area contributed by atoms with Gasteiger partial charge in [0.15, 0.2) is 11.5 Å². The van der Waals surface area contributed by atoms with Gasteiger partial charge in [-0.2, -0.15) is 4.98 Å². The number of aromatic nitrogens is 2. The lowest BCUT2D eigenvalue weighted by molar-refractivity contribution is 0.254. The number of anilines is 3. The van der Waals surface area contributed by atoms with E-state index in [1.165, 1.54) is 25.9 Å². The lowest BCUT2D eigenvalue weighted by atomic mass is 10.2. The monoisotopic (exact) mass is 463 g/mol. The Balaban J connectivity index is 1.34. The molecule has 0 unspecified atom stereocenters. The maximum atomic E-state index is 6.04. The number of hydrogen-bond acceptors (Lipinski definition) is 8. The number of hydrogen-bond donors (Lipinski definition) is 2. The third-order valence-electron chi connectivity index (χ3n) is 5.76. The fourth-order valence-corrected chi connectivity index (χ4v) is 3.97. The summed E-state index contributed by atoms with van der Waals surface area (Å²) < 4.78 is 16.8. The molecule has 0 radical (unpaired) electrons. The van der Waals surface area contributed by atoms with Crippen molar-refractivity contribution in [3.05, 3.63) is 60.3 Å². The molecule has 180 valence electrons. The first kappa shape index (κ1) is 23.6. The zero-order valence-electron chi connectivity index (χ0n) is 19.9. The lowest BCUT2D eigenvalue weighted by Gasteiger charge is -2.16. The van der Waals surface area contributed by atoms with Crippen LogP contribution in [0.5, 0.6) is 17.2 Å². The summed E-state index contributed by atoms with van der Waals surface area (Å²) in [7, 11) is 3.32. The van der Waals surface area contributed by atoms with Crippen molar-refractivity contribution in [2.75, 3.05) is 51.1 Å². The van der Waals surface area contributed by atoms with Gasteiger partial charge in [-0.05, 0) is 68.2 Å². The minimum absolute atomic E-state index is 0.501. The van der Waals surface area contributed by atoms with Gasteiger partial charge in [0.05, 0.1) is 20.8 Å². The van der Waals surface area contributed by atoms with E-state index in [-0.39, 0.29) is 0 Å². The van der Waals surface area contributed by atoms with Gasteiger partial charge >= 0.3 is 0 Å². The van der Waals surface area contributed by atoms with Crippen molar-refractivity contribution in [1.82, 2.24) is 14.9 Å². The Morgan fingerprint density at radius 2 is 1.85 bits per heavy atom. The molecule has 2 heterocycles. The van der Waals surface area contributed by atoms with Gasteiger partial charge in [-0.25, -0.2) is 4.98 Å². The summed E-state index contributed by atoms with van der Waals surface area (Å²) in [5.41, 5.74) is 1.94. The molecule has 0 spiro atoms. The van der Waals surface area contributed by atoms with Crippen LogP contribution in [0.15, 0.2) is 54.7 Å². The Labute approximate surface area is 201 Å². The highest BCUT2D eigenvalue weighted by molar-refractivity contribution is 5.60. The van der Waals surface area contributed by atoms with Crippen LogP contribution >= 0.6 is 0 Å². The van der Waals surface area contributed by atoms with Crippen LogP contribution in [0.3, 0.4) is 0 Å². The second kappa shape index (κ2) is 12.1. The Kier molecular flexibility index (Phi) is 8.40. The first-order chi connectivity index (χ1) is 16.7. The summed E-state index contributed by atoms with van der Waals surface area (Å²) in [6, 6.07) is 15.5. The van der Waals surface area contributed by atoms with Crippen LogP contribution in [0.25, 0.3) is 0 Å². The molecule has 2 aromatic carbocycles. The van der Waals surface area contributed by atoms with E-state index < -0.39 is 0 Å². The zero-order valence-corrected chi connectivity index (χ0v) is 19.9. The number of nitrogens with zero attached hydrogens (tertiary/aromatic N) is 3. The molecule has 8 heteroatoms. The van der Waals surface area contributed by atoms with Crippen molar-refractivity contribution in [2.24, 2.45) is 0 Å². The van der Waals surface area contributed by atoms with Gasteiger partial charge in [0.25, 0.3) is 0 Å². The molecule has 1 aliphatic rings. The van der Waals surface area contributed by atoms with Gasteiger partial charge in [0.1, 0.15) is 11.6 Å². The van der Waals surface area contributed by atoms with Crippen LogP contribution in [0.2, 0.25) is 0 Å². The Morgan fingerprint density at radius 3 is 2.68 bits per heavy atom. The molecule has 0 saturated carbocycles. The topological polar surface area (TPSA) is 80.8 Å². The van der Waals surface area contributed by atoms with E-state index >= 15 is 0 Å². The molecule has 0 amide bonds. The fraction of sp³-hybridized carbons (Fsp3) is 0.385. The third-order valence-corrected chi connectivity index (χ3v) is 5.76. The molecule has 0 bridgehead atoms. The van der Waals surface area contributed by atoms with Gasteiger partial charge < -0.3 is 29.7 Å². The number of ether oxygens (including phenoxy) is 3. The molecule has 1 saturated heterocycles. The predicted octanol–water partition coefficient (Wildman–Crippen LogP) is 4.71. The van der Waals surface area contributed by atoms with Crippen LogP contribution in [-0.2, 0) is 6.54 Å². The van der Waals surface area contributed by atoms with E-state index in [2.05, 4.69) is 25.5 Å². The van der Waals surface area contributed by atoms with Crippen molar-refractivity contribution < 1.29 is 14.2 Å². The molecule has 1 aromatic heterocycles. The average molecular weight is 464 g/mol. The Bertz CT molecular complexity index is 1060. The minimum atomic E-state index is 0.501. The SMILES string of the molecule is COc1cccc(CNc2ccnc(Nc3ccc(OC)c(OCCCN4CCCC4)c3)n2)c1. The summed E-state index contributed by atoms with van der Waals surface area (Å²) in [4.78, 5) is 11.4. The van der Waals surface area contributed by atoms with Crippen molar-refractivity contribution in [3.8, 4) is 17.2 Å². The molecule has 0 aliphatic carbocycles.